The van der Waals surface area contributed by atoms with Crippen molar-refractivity contribution in [2.75, 3.05) is 19.8 Å². The van der Waals surface area contributed by atoms with E-state index in [0.717, 1.165) is 38.9 Å². The molecular formula is C10H27AlO3. The van der Waals surface area contributed by atoms with E-state index in [-0.39, 0.29) is 24.0 Å². The molecule has 0 saturated carbocycles. The van der Waals surface area contributed by atoms with Gasteiger partial charge in [-0.2, -0.15) is 0 Å². The fraction of sp³-hybridized carbons (Fsp3) is 1.00. The maximum atomic E-state index is 7.57. The van der Waals surface area contributed by atoms with E-state index in [2.05, 4.69) is 13.8 Å². The summed E-state index contributed by atoms with van der Waals surface area (Å²) in [7, 11) is 0. The minimum absolute atomic E-state index is 0. The number of hydrogen-bond donors (Lipinski definition) is 1. The van der Waals surface area contributed by atoms with Crippen molar-refractivity contribution in [3.63, 3.8) is 0 Å². The molecule has 0 aromatic rings. The summed E-state index contributed by atoms with van der Waals surface area (Å²) in [6, 6.07) is 0. The lowest BCUT2D eigenvalue weighted by atomic mass is 10.4. The minimum Gasteiger partial charge on any atom is -0.397 e. The van der Waals surface area contributed by atoms with Gasteiger partial charge in [0.1, 0.15) is 0 Å². The second-order valence-corrected chi connectivity index (χ2v) is 2.67. The van der Waals surface area contributed by atoms with Gasteiger partial charge in [-0.25, -0.2) is 9.78 Å². The second kappa shape index (κ2) is 23.3. The summed E-state index contributed by atoms with van der Waals surface area (Å²) in [6.45, 7) is 7.67. The number of rotatable bonds is 7. The third-order valence-corrected chi connectivity index (χ3v) is 1.25. The van der Waals surface area contributed by atoms with Crippen molar-refractivity contribution in [1.82, 2.24) is 0 Å². The van der Waals surface area contributed by atoms with Crippen LogP contribution in [0.2, 0.25) is 0 Å². The van der Waals surface area contributed by atoms with Gasteiger partial charge in [0.05, 0.1) is 13.2 Å². The highest BCUT2D eigenvalue weighted by atomic mass is 27.0. The summed E-state index contributed by atoms with van der Waals surface area (Å²) < 4.78 is 0. The number of unbranched alkanes of at least 4 members (excludes halogenated alkanes) is 2. The molecule has 0 saturated heterocycles. The molecule has 0 aromatic carbocycles. The molecule has 0 fully saturated rings. The summed E-state index contributed by atoms with van der Waals surface area (Å²) in [5.74, 6) is 0. The van der Waals surface area contributed by atoms with Crippen molar-refractivity contribution in [2.24, 2.45) is 0 Å². The smallest absolute Gasteiger partial charge is 0.187 e. The highest BCUT2D eigenvalue weighted by Crippen LogP contribution is 1.91. The SMILES string of the molecule is CCCCOOCCCC.CCO.[AlH3]. The van der Waals surface area contributed by atoms with E-state index in [9.17, 15) is 0 Å². The van der Waals surface area contributed by atoms with Crippen LogP contribution in [0.1, 0.15) is 46.5 Å². The Morgan fingerprint density at radius 3 is 1.36 bits per heavy atom. The van der Waals surface area contributed by atoms with Crippen LogP contribution in [-0.4, -0.2) is 42.3 Å². The first kappa shape index (κ1) is 19.9. The molecule has 14 heavy (non-hydrogen) atoms. The topological polar surface area (TPSA) is 38.7 Å². The lowest BCUT2D eigenvalue weighted by Gasteiger charge is -2.00. The van der Waals surface area contributed by atoms with Crippen molar-refractivity contribution < 1.29 is 14.9 Å². The van der Waals surface area contributed by atoms with Crippen molar-refractivity contribution in [3.8, 4) is 0 Å². The number of aliphatic hydroxyl groups is 1. The van der Waals surface area contributed by atoms with Gasteiger partial charge in [0, 0.05) is 6.61 Å². The third-order valence-electron chi connectivity index (χ3n) is 1.25. The molecular weight excluding hydrogens is 195 g/mol. The molecule has 0 heterocycles. The largest absolute Gasteiger partial charge is 0.397 e. The van der Waals surface area contributed by atoms with Crippen LogP contribution in [0.4, 0.5) is 0 Å². The van der Waals surface area contributed by atoms with Crippen LogP contribution in [0.25, 0.3) is 0 Å². The Hall–Kier alpha value is 0.412. The fourth-order valence-corrected chi connectivity index (χ4v) is 0.524. The van der Waals surface area contributed by atoms with Crippen LogP contribution in [0.3, 0.4) is 0 Å². The zero-order valence-electron chi connectivity index (χ0n) is 9.21. The van der Waals surface area contributed by atoms with E-state index >= 15 is 0 Å². The fourth-order valence-electron chi connectivity index (χ4n) is 0.524. The minimum atomic E-state index is 0. The molecule has 1 N–H and O–H groups in total. The molecule has 0 aromatic heterocycles. The van der Waals surface area contributed by atoms with Crippen LogP contribution < -0.4 is 0 Å². The van der Waals surface area contributed by atoms with Crippen molar-refractivity contribution in [3.05, 3.63) is 0 Å². The summed E-state index contributed by atoms with van der Waals surface area (Å²) in [5, 5.41) is 7.57. The van der Waals surface area contributed by atoms with Gasteiger partial charge in [-0.15, -0.1) is 0 Å². The molecule has 88 valence electrons. The molecule has 0 amide bonds. The van der Waals surface area contributed by atoms with E-state index in [1.54, 1.807) is 6.92 Å². The van der Waals surface area contributed by atoms with Crippen LogP contribution in [0.15, 0.2) is 0 Å². The Balaban J connectivity index is -0.000000267. The Kier molecular flexibility index (Phi) is 33.2. The molecule has 3 nitrogen and oxygen atoms in total. The first-order valence-electron chi connectivity index (χ1n) is 5.18. The van der Waals surface area contributed by atoms with Crippen LogP contribution in [0.5, 0.6) is 0 Å². The van der Waals surface area contributed by atoms with Gasteiger partial charge in [0.15, 0.2) is 17.4 Å². The lowest BCUT2D eigenvalue weighted by Crippen LogP contribution is -1.97. The predicted octanol–water partition coefficient (Wildman–Crippen LogP) is 1.35. The van der Waals surface area contributed by atoms with Gasteiger partial charge in [-0.3, -0.25) is 0 Å². The normalized spacial score (nSPS) is 8.57. The summed E-state index contributed by atoms with van der Waals surface area (Å²) in [6.07, 6.45) is 4.51. The number of hydrogen-bond acceptors (Lipinski definition) is 3. The summed E-state index contributed by atoms with van der Waals surface area (Å²) in [5.41, 5.74) is 0. The monoisotopic (exact) mass is 222 g/mol. The van der Waals surface area contributed by atoms with Gasteiger partial charge in [0.2, 0.25) is 0 Å². The lowest BCUT2D eigenvalue weighted by molar-refractivity contribution is -0.295. The van der Waals surface area contributed by atoms with Crippen molar-refractivity contribution in [1.29, 1.82) is 0 Å². The summed E-state index contributed by atoms with van der Waals surface area (Å²) >= 11 is 0. The molecule has 0 radical (unpaired) electrons. The van der Waals surface area contributed by atoms with Gasteiger partial charge >= 0.3 is 0 Å². The maximum Gasteiger partial charge on any atom is 0.187 e. The average Bonchev–Trinajstić information content (AvgIpc) is 2.13. The van der Waals surface area contributed by atoms with E-state index < -0.39 is 0 Å². The van der Waals surface area contributed by atoms with Crippen LogP contribution in [-0.2, 0) is 9.78 Å². The van der Waals surface area contributed by atoms with Crippen LogP contribution in [0, 0.1) is 0 Å². The average molecular weight is 222 g/mol. The highest BCUT2D eigenvalue weighted by Gasteiger charge is 1.86. The molecule has 0 spiro atoms. The molecule has 0 aliphatic carbocycles. The first-order valence-corrected chi connectivity index (χ1v) is 5.18. The van der Waals surface area contributed by atoms with Gasteiger partial charge in [-0.1, -0.05) is 26.7 Å². The zero-order chi connectivity index (χ0) is 10.4. The quantitative estimate of drug-likeness (QED) is 0.306. The van der Waals surface area contributed by atoms with Crippen molar-refractivity contribution in [2.45, 2.75) is 46.5 Å². The second-order valence-electron chi connectivity index (χ2n) is 2.67. The first-order chi connectivity index (χ1) is 6.33. The van der Waals surface area contributed by atoms with Gasteiger partial charge < -0.3 is 5.11 Å². The van der Waals surface area contributed by atoms with Crippen LogP contribution >= 0.6 is 0 Å². The standard InChI is InChI=1S/C8H18O2.C2H6O.Al.3H/c1-3-5-7-9-10-8-6-4-2;1-2-3;;;;/h3-8H2,1-2H3;3H,2H2,1H3;;;;. The molecule has 0 bridgehead atoms. The maximum absolute atomic E-state index is 7.57. The molecule has 0 unspecified atom stereocenters. The predicted molar refractivity (Wildman–Crippen MR) is 64.4 cm³/mol. The van der Waals surface area contributed by atoms with Gasteiger partial charge in [0.25, 0.3) is 0 Å². The van der Waals surface area contributed by atoms with Crippen molar-refractivity contribution >= 4 is 17.4 Å². The third kappa shape index (κ3) is 29.4. The molecule has 0 rings (SSSR count). The Morgan fingerprint density at radius 1 is 0.857 bits per heavy atom. The van der Waals surface area contributed by atoms with E-state index in [4.69, 9.17) is 14.9 Å². The number of aliphatic hydroxyl groups excluding tert-OH is 1. The zero-order valence-corrected chi connectivity index (χ0v) is 9.21. The van der Waals surface area contributed by atoms with Gasteiger partial charge in [-0.05, 0) is 19.8 Å². The highest BCUT2D eigenvalue weighted by molar-refractivity contribution is 5.75. The molecule has 4 heteroatoms. The molecule has 0 aliphatic rings. The van der Waals surface area contributed by atoms with E-state index in [1.807, 2.05) is 0 Å². The molecule has 0 aliphatic heterocycles. The van der Waals surface area contributed by atoms with E-state index in [0.29, 0.717) is 0 Å². The summed E-state index contributed by atoms with van der Waals surface area (Å²) in [4.78, 5) is 9.75. The Morgan fingerprint density at radius 2 is 1.14 bits per heavy atom. The van der Waals surface area contributed by atoms with E-state index in [1.165, 1.54) is 0 Å². The Labute approximate surface area is 98.9 Å². The molecule has 0 atom stereocenters. The Bertz CT molecular complexity index is 64.4.